The van der Waals surface area contributed by atoms with Crippen LogP contribution in [0.4, 0.5) is 0 Å². The lowest BCUT2D eigenvalue weighted by atomic mass is 10.1. The van der Waals surface area contributed by atoms with Crippen LogP contribution >= 0.6 is 0 Å². The second-order valence-electron chi connectivity index (χ2n) is 6.27. The number of carbonyl (C=O) groups excluding carboxylic acids is 1. The van der Waals surface area contributed by atoms with Crippen molar-refractivity contribution in [1.82, 2.24) is 14.4 Å². The topological polar surface area (TPSA) is 65.8 Å². The van der Waals surface area contributed by atoms with E-state index in [4.69, 9.17) is 0 Å². The molecule has 0 aliphatic carbocycles. The third kappa shape index (κ3) is 2.82. The van der Waals surface area contributed by atoms with Gasteiger partial charge in [0.15, 0.2) is 0 Å². The van der Waals surface area contributed by atoms with E-state index < -0.39 is 5.97 Å². The molecule has 1 saturated heterocycles. The Morgan fingerprint density at radius 2 is 1.96 bits per heavy atom. The highest BCUT2D eigenvalue weighted by molar-refractivity contribution is 5.95. The fraction of sp³-hybridized carbons (Fsp3) is 0.412. The maximum atomic E-state index is 11.8. The summed E-state index contributed by atoms with van der Waals surface area (Å²) in [7, 11) is 3.60. The van der Waals surface area contributed by atoms with E-state index in [9.17, 15) is 14.7 Å². The summed E-state index contributed by atoms with van der Waals surface area (Å²) in [4.78, 5) is 27.0. The molecule has 23 heavy (non-hydrogen) atoms. The van der Waals surface area contributed by atoms with Gasteiger partial charge in [0.1, 0.15) is 5.69 Å². The molecule has 0 bridgehead atoms. The fourth-order valence-corrected chi connectivity index (χ4v) is 3.31. The maximum absolute atomic E-state index is 11.8. The van der Waals surface area contributed by atoms with Crippen LogP contribution in [0.5, 0.6) is 0 Å². The van der Waals surface area contributed by atoms with E-state index in [0.717, 1.165) is 35.1 Å². The zero-order valence-electron chi connectivity index (χ0n) is 13.7. The Bertz CT molecular complexity index is 794. The second-order valence-corrected chi connectivity index (χ2v) is 6.27. The van der Waals surface area contributed by atoms with E-state index in [1.807, 2.05) is 20.0 Å². The summed E-state index contributed by atoms with van der Waals surface area (Å²) < 4.78 is 1.72. The first kappa shape index (κ1) is 15.6. The zero-order chi connectivity index (χ0) is 16.7. The minimum atomic E-state index is -0.922. The molecule has 0 atom stereocenters. The SMILES string of the molecule is Cc1cc(CN2CCN(C)C(=O)C2)cc2cc(C(=O)O)n(C)c12. The van der Waals surface area contributed by atoms with Gasteiger partial charge in [0.2, 0.25) is 5.91 Å². The number of rotatable bonds is 3. The van der Waals surface area contributed by atoms with Crippen LogP contribution in [0.1, 0.15) is 21.6 Å². The number of aromatic carboxylic acids is 1. The number of fused-ring (bicyclic) bond motifs is 1. The van der Waals surface area contributed by atoms with E-state index in [1.54, 1.807) is 22.6 Å². The first-order chi connectivity index (χ1) is 10.9. The highest BCUT2D eigenvalue weighted by Gasteiger charge is 2.21. The predicted molar refractivity (Wildman–Crippen MR) is 87.5 cm³/mol. The highest BCUT2D eigenvalue weighted by atomic mass is 16.4. The minimum absolute atomic E-state index is 0.141. The number of carbonyl (C=O) groups is 2. The van der Waals surface area contributed by atoms with Crippen molar-refractivity contribution in [1.29, 1.82) is 0 Å². The van der Waals surface area contributed by atoms with Crippen LogP contribution in [0.15, 0.2) is 18.2 Å². The number of hydrogen-bond acceptors (Lipinski definition) is 3. The van der Waals surface area contributed by atoms with Crippen LogP contribution in [0, 0.1) is 6.92 Å². The predicted octanol–water partition coefficient (Wildman–Crippen LogP) is 1.46. The molecule has 0 unspecified atom stereocenters. The van der Waals surface area contributed by atoms with Crippen molar-refractivity contribution < 1.29 is 14.7 Å². The average molecular weight is 315 g/mol. The molecular weight excluding hydrogens is 294 g/mol. The molecule has 2 aromatic rings. The van der Waals surface area contributed by atoms with E-state index in [-0.39, 0.29) is 11.6 Å². The van der Waals surface area contributed by atoms with Gasteiger partial charge >= 0.3 is 5.97 Å². The van der Waals surface area contributed by atoms with Crippen LogP contribution in [0.25, 0.3) is 10.9 Å². The van der Waals surface area contributed by atoms with Crippen LogP contribution in [-0.2, 0) is 18.4 Å². The lowest BCUT2D eigenvalue weighted by Gasteiger charge is -2.32. The van der Waals surface area contributed by atoms with Crippen molar-refractivity contribution in [2.45, 2.75) is 13.5 Å². The number of carboxylic acids is 1. The van der Waals surface area contributed by atoms with Gasteiger partial charge in [-0.25, -0.2) is 4.79 Å². The van der Waals surface area contributed by atoms with Crippen LogP contribution in [0.2, 0.25) is 0 Å². The van der Waals surface area contributed by atoms with Gasteiger partial charge in [-0.1, -0.05) is 6.07 Å². The number of likely N-dealkylation sites (N-methyl/N-ethyl adjacent to an activating group) is 1. The number of aromatic nitrogens is 1. The number of amides is 1. The summed E-state index contributed by atoms with van der Waals surface area (Å²) in [5.74, 6) is -0.781. The molecule has 1 fully saturated rings. The number of carboxylic acid groups (broad SMARTS) is 1. The van der Waals surface area contributed by atoms with Gasteiger partial charge in [-0.3, -0.25) is 9.69 Å². The summed E-state index contributed by atoms with van der Waals surface area (Å²) in [6.45, 7) is 4.73. The number of nitrogens with zero attached hydrogens (tertiary/aromatic N) is 3. The fourth-order valence-electron chi connectivity index (χ4n) is 3.31. The second kappa shape index (κ2) is 5.70. The molecule has 2 heterocycles. The summed E-state index contributed by atoms with van der Waals surface area (Å²) in [6.07, 6.45) is 0. The maximum Gasteiger partial charge on any atom is 0.352 e. The van der Waals surface area contributed by atoms with Crippen molar-refractivity contribution in [2.24, 2.45) is 7.05 Å². The van der Waals surface area contributed by atoms with E-state index in [0.29, 0.717) is 13.1 Å². The molecule has 1 aliphatic rings. The first-order valence-corrected chi connectivity index (χ1v) is 7.65. The van der Waals surface area contributed by atoms with Gasteiger partial charge in [0, 0.05) is 39.1 Å². The van der Waals surface area contributed by atoms with Crippen molar-refractivity contribution in [3.8, 4) is 0 Å². The lowest BCUT2D eigenvalue weighted by Crippen LogP contribution is -2.47. The molecule has 0 radical (unpaired) electrons. The number of piperazine rings is 1. The van der Waals surface area contributed by atoms with Gasteiger partial charge in [-0.2, -0.15) is 0 Å². The summed E-state index contributed by atoms with van der Waals surface area (Å²) in [6, 6.07) is 5.82. The Hall–Kier alpha value is -2.34. The molecular formula is C17H21N3O3. The summed E-state index contributed by atoms with van der Waals surface area (Å²) >= 11 is 0. The molecule has 1 aromatic carbocycles. The van der Waals surface area contributed by atoms with Gasteiger partial charge in [-0.15, -0.1) is 0 Å². The molecule has 6 nitrogen and oxygen atoms in total. The Balaban J connectivity index is 1.91. The first-order valence-electron chi connectivity index (χ1n) is 7.65. The quantitative estimate of drug-likeness (QED) is 0.931. The molecule has 1 N–H and O–H groups in total. The van der Waals surface area contributed by atoms with Crippen LogP contribution in [0.3, 0.4) is 0 Å². The van der Waals surface area contributed by atoms with E-state index >= 15 is 0 Å². The third-order valence-corrected chi connectivity index (χ3v) is 4.54. The van der Waals surface area contributed by atoms with E-state index in [1.165, 1.54) is 0 Å². The highest BCUT2D eigenvalue weighted by Crippen LogP contribution is 2.25. The molecule has 3 rings (SSSR count). The Morgan fingerprint density at radius 1 is 1.22 bits per heavy atom. The summed E-state index contributed by atoms with van der Waals surface area (Å²) in [5, 5.41) is 10.2. The monoisotopic (exact) mass is 315 g/mol. The summed E-state index contributed by atoms with van der Waals surface area (Å²) in [5.41, 5.74) is 3.39. The minimum Gasteiger partial charge on any atom is -0.477 e. The largest absolute Gasteiger partial charge is 0.477 e. The third-order valence-electron chi connectivity index (χ3n) is 4.54. The number of hydrogen-bond donors (Lipinski definition) is 1. The smallest absolute Gasteiger partial charge is 0.352 e. The molecule has 122 valence electrons. The van der Waals surface area contributed by atoms with Gasteiger partial charge < -0.3 is 14.6 Å². The Labute approximate surface area is 134 Å². The normalized spacial score (nSPS) is 16.3. The molecule has 0 saturated carbocycles. The lowest BCUT2D eigenvalue weighted by molar-refractivity contribution is -0.134. The van der Waals surface area contributed by atoms with Gasteiger partial charge in [0.25, 0.3) is 0 Å². The molecule has 1 amide bonds. The molecule has 6 heteroatoms. The van der Waals surface area contributed by atoms with Crippen LogP contribution < -0.4 is 0 Å². The zero-order valence-corrected chi connectivity index (χ0v) is 13.7. The number of aryl methyl sites for hydroxylation is 2. The van der Waals surface area contributed by atoms with Gasteiger partial charge in [-0.05, 0) is 30.2 Å². The van der Waals surface area contributed by atoms with Crippen molar-refractivity contribution in [2.75, 3.05) is 26.7 Å². The molecule has 1 aliphatic heterocycles. The van der Waals surface area contributed by atoms with Gasteiger partial charge in [0.05, 0.1) is 12.1 Å². The van der Waals surface area contributed by atoms with E-state index in [2.05, 4.69) is 11.0 Å². The Morgan fingerprint density at radius 3 is 2.61 bits per heavy atom. The molecule has 1 aromatic heterocycles. The molecule has 0 spiro atoms. The standard InChI is InChI=1S/C17H21N3O3/c1-11-6-12(9-20-5-4-18(2)15(21)10-20)7-13-8-14(17(22)23)19(3)16(11)13/h6-8H,4-5,9-10H2,1-3H3,(H,22,23). The average Bonchev–Trinajstić information content (AvgIpc) is 2.80. The van der Waals surface area contributed by atoms with Crippen molar-refractivity contribution in [3.05, 3.63) is 35.0 Å². The Kier molecular flexibility index (Phi) is 3.85. The van der Waals surface area contributed by atoms with Crippen LogP contribution in [-0.4, -0.2) is 58.0 Å². The van der Waals surface area contributed by atoms with Crippen molar-refractivity contribution >= 4 is 22.8 Å². The number of benzene rings is 1. The van der Waals surface area contributed by atoms with Crippen molar-refractivity contribution in [3.63, 3.8) is 0 Å².